The number of benzene rings is 2. The number of nitrogens with one attached hydrogen (secondary N) is 1. The second-order valence-corrected chi connectivity index (χ2v) is 6.05. The van der Waals surface area contributed by atoms with Crippen molar-refractivity contribution >= 4 is 15.9 Å². The summed E-state index contributed by atoms with van der Waals surface area (Å²) >= 11 is 3.58. The largest absolute Gasteiger partial charge is 0.496 e. The first-order chi connectivity index (χ1) is 10.1. The highest BCUT2D eigenvalue weighted by molar-refractivity contribution is 9.10. The van der Waals surface area contributed by atoms with Crippen molar-refractivity contribution < 1.29 is 4.74 Å². The average Bonchev–Trinajstić information content (AvgIpc) is 2.48. The first-order valence-corrected chi connectivity index (χ1v) is 7.70. The Morgan fingerprint density at radius 2 is 2.00 bits per heavy atom. The summed E-state index contributed by atoms with van der Waals surface area (Å²) in [4.78, 5) is 0. The Hall–Kier alpha value is -1.36. The summed E-state index contributed by atoms with van der Waals surface area (Å²) < 4.78 is 6.55. The Kier molecular flexibility index (Phi) is 5.39. The number of ether oxygens (including phenoxy) is 1. The zero-order chi connectivity index (χ0) is 15.4. The number of hydrazine groups is 1. The molecule has 1 atom stereocenters. The van der Waals surface area contributed by atoms with E-state index in [-0.39, 0.29) is 6.04 Å². The minimum absolute atomic E-state index is 0.0400. The first-order valence-electron chi connectivity index (χ1n) is 6.91. The average molecular weight is 349 g/mol. The number of hydrogen-bond acceptors (Lipinski definition) is 3. The quantitative estimate of drug-likeness (QED) is 0.637. The highest BCUT2D eigenvalue weighted by Gasteiger charge is 2.16. The maximum atomic E-state index is 5.80. The van der Waals surface area contributed by atoms with Crippen molar-refractivity contribution in [3.63, 3.8) is 0 Å². The molecule has 0 saturated heterocycles. The first kappa shape index (κ1) is 16.0. The highest BCUT2D eigenvalue weighted by atomic mass is 79.9. The summed E-state index contributed by atoms with van der Waals surface area (Å²) in [5, 5.41) is 0. The van der Waals surface area contributed by atoms with Gasteiger partial charge in [0.1, 0.15) is 5.75 Å². The van der Waals surface area contributed by atoms with Crippen molar-refractivity contribution in [1.29, 1.82) is 0 Å². The maximum Gasteiger partial charge on any atom is 0.122 e. The van der Waals surface area contributed by atoms with E-state index >= 15 is 0 Å². The van der Waals surface area contributed by atoms with Crippen LogP contribution in [-0.2, 0) is 6.42 Å². The number of rotatable bonds is 5. The second-order valence-electron chi connectivity index (χ2n) is 5.19. The predicted octanol–water partition coefficient (Wildman–Crippen LogP) is 3.82. The van der Waals surface area contributed by atoms with Crippen LogP contribution in [0.25, 0.3) is 0 Å². The molecule has 21 heavy (non-hydrogen) atoms. The van der Waals surface area contributed by atoms with E-state index in [4.69, 9.17) is 10.6 Å². The van der Waals surface area contributed by atoms with Gasteiger partial charge in [-0.15, -0.1) is 0 Å². The molecule has 0 aliphatic carbocycles. The van der Waals surface area contributed by atoms with Gasteiger partial charge < -0.3 is 4.74 Å². The molecule has 0 radical (unpaired) electrons. The van der Waals surface area contributed by atoms with Crippen molar-refractivity contribution in [2.24, 2.45) is 5.84 Å². The van der Waals surface area contributed by atoms with Crippen molar-refractivity contribution in [3.8, 4) is 5.75 Å². The molecule has 1 unspecified atom stereocenters. The van der Waals surface area contributed by atoms with Gasteiger partial charge >= 0.3 is 0 Å². The fourth-order valence-electron chi connectivity index (χ4n) is 2.55. The zero-order valence-electron chi connectivity index (χ0n) is 12.6. The van der Waals surface area contributed by atoms with Crippen LogP contribution in [-0.4, -0.2) is 7.11 Å². The van der Waals surface area contributed by atoms with Crippen molar-refractivity contribution in [3.05, 3.63) is 63.1 Å². The fraction of sp³-hybridized carbons (Fsp3) is 0.294. The van der Waals surface area contributed by atoms with Crippen molar-refractivity contribution in [2.75, 3.05) is 7.11 Å². The van der Waals surface area contributed by atoms with Crippen LogP contribution in [0, 0.1) is 13.8 Å². The smallest absolute Gasteiger partial charge is 0.122 e. The van der Waals surface area contributed by atoms with E-state index in [9.17, 15) is 0 Å². The summed E-state index contributed by atoms with van der Waals surface area (Å²) in [5.41, 5.74) is 7.69. The molecule has 4 heteroatoms. The third kappa shape index (κ3) is 3.64. The minimum Gasteiger partial charge on any atom is -0.496 e. The van der Waals surface area contributed by atoms with E-state index in [0.717, 1.165) is 22.2 Å². The third-order valence-electron chi connectivity index (χ3n) is 3.75. The molecule has 0 bridgehead atoms. The topological polar surface area (TPSA) is 47.3 Å². The van der Waals surface area contributed by atoms with Gasteiger partial charge in [0.15, 0.2) is 0 Å². The standard InChI is InChI=1S/C17H21BrN2O/c1-11-7-8-17(21-3)13(9-11)10-16(20-19)14-5-4-6-15(18)12(14)2/h4-9,16,20H,10,19H2,1-3H3. The van der Waals surface area contributed by atoms with Gasteiger partial charge in [-0.3, -0.25) is 11.3 Å². The van der Waals surface area contributed by atoms with E-state index in [1.54, 1.807) is 7.11 Å². The summed E-state index contributed by atoms with van der Waals surface area (Å²) in [6.07, 6.45) is 0.776. The lowest BCUT2D eigenvalue weighted by Crippen LogP contribution is -2.30. The van der Waals surface area contributed by atoms with Crippen molar-refractivity contribution in [1.82, 2.24) is 5.43 Å². The fourth-order valence-corrected chi connectivity index (χ4v) is 2.93. The van der Waals surface area contributed by atoms with E-state index < -0.39 is 0 Å². The summed E-state index contributed by atoms with van der Waals surface area (Å²) in [5.74, 6) is 6.69. The Morgan fingerprint density at radius 1 is 1.24 bits per heavy atom. The Balaban J connectivity index is 2.35. The molecule has 0 fully saturated rings. The van der Waals surface area contributed by atoms with Gasteiger partial charge in [0.2, 0.25) is 0 Å². The van der Waals surface area contributed by atoms with E-state index in [1.807, 2.05) is 18.2 Å². The van der Waals surface area contributed by atoms with Crippen molar-refractivity contribution in [2.45, 2.75) is 26.3 Å². The lowest BCUT2D eigenvalue weighted by Gasteiger charge is -2.21. The summed E-state index contributed by atoms with van der Waals surface area (Å²) in [6.45, 7) is 4.18. The lowest BCUT2D eigenvalue weighted by atomic mass is 9.95. The number of nitrogens with two attached hydrogens (primary N) is 1. The van der Waals surface area contributed by atoms with E-state index in [1.165, 1.54) is 16.7 Å². The summed E-state index contributed by atoms with van der Waals surface area (Å²) in [6, 6.07) is 12.4. The molecule has 0 heterocycles. The van der Waals surface area contributed by atoms with Gasteiger partial charge in [-0.25, -0.2) is 0 Å². The zero-order valence-corrected chi connectivity index (χ0v) is 14.2. The number of halogens is 1. The molecule has 3 nitrogen and oxygen atoms in total. The molecule has 2 aromatic carbocycles. The van der Waals surface area contributed by atoms with Gasteiger partial charge in [0, 0.05) is 4.47 Å². The van der Waals surface area contributed by atoms with Crippen LogP contribution in [0.3, 0.4) is 0 Å². The third-order valence-corrected chi connectivity index (χ3v) is 4.61. The van der Waals surface area contributed by atoms with Crippen LogP contribution < -0.4 is 16.0 Å². The number of methoxy groups -OCH3 is 1. The van der Waals surface area contributed by atoms with Crippen LogP contribution in [0.2, 0.25) is 0 Å². The molecule has 0 aromatic heterocycles. The summed E-state index contributed by atoms with van der Waals surface area (Å²) in [7, 11) is 1.70. The molecule has 0 aliphatic rings. The molecule has 0 aliphatic heterocycles. The van der Waals surface area contributed by atoms with Gasteiger partial charge in [0.05, 0.1) is 13.2 Å². The lowest BCUT2D eigenvalue weighted by molar-refractivity contribution is 0.405. The van der Waals surface area contributed by atoms with Gasteiger partial charge in [-0.2, -0.15) is 0 Å². The number of hydrogen-bond donors (Lipinski definition) is 2. The molecule has 0 amide bonds. The van der Waals surface area contributed by atoms with Crippen LogP contribution in [0.15, 0.2) is 40.9 Å². The molecule has 2 aromatic rings. The normalized spacial score (nSPS) is 12.2. The Bertz CT molecular complexity index is 628. The molecule has 0 saturated carbocycles. The molecule has 112 valence electrons. The highest BCUT2D eigenvalue weighted by Crippen LogP contribution is 2.29. The van der Waals surface area contributed by atoms with Crippen LogP contribution >= 0.6 is 15.9 Å². The van der Waals surface area contributed by atoms with Crippen LogP contribution in [0.4, 0.5) is 0 Å². The maximum absolute atomic E-state index is 5.80. The van der Waals surface area contributed by atoms with E-state index in [0.29, 0.717) is 0 Å². The molecule has 3 N–H and O–H groups in total. The van der Waals surface area contributed by atoms with Gasteiger partial charge in [-0.05, 0) is 49.1 Å². The monoisotopic (exact) mass is 348 g/mol. The van der Waals surface area contributed by atoms with Gasteiger partial charge in [0.25, 0.3) is 0 Å². The molecular formula is C17H21BrN2O. The SMILES string of the molecule is COc1ccc(C)cc1CC(NN)c1cccc(Br)c1C. The Labute approximate surface area is 134 Å². The van der Waals surface area contributed by atoms with Crippen LogP contribution in [0.1, 0.15) is 28.3 Å². The minimum atomic E-state index is 0.0400. The van der Waals surface area contributed by atoms with Gasteiger partial charge in [-0.1, -0.05) is 45.8 Å². The predicted molar refractivity (Wildman–Crippen MR) is 90.4 cm³/mol. The molecule has 2 rings (SSSR count). The number of aryl methyl sites for hydroxylation is 1. The second kappa shape index (κ2) is 7.07. The molecule has 0 spiro atoms. The molecular weight excluding hydrogens is 328 g/mol. The van der Waals surface area contributed by atoms with Crippen LogP contribution in [0.5, 0.6) is 5.75 Å². The Morgan fingerprint density at radius 3 is 2.67 bits per heavy atom. The van der Waals surface area contributed by atoms with E-state index in [2.05, 4.69) is 53.4 Å².